The van der Waals surface area contributed by atoms with E-state index < -0.39 is 0 Å². The van der Waals surface area contributed by atoms with Gasteiger partial charge in [0.2, 0.25) is 0 Å². The summed E-state index contributed by atoms with van der Waals surface area (Å²) >= 11 is 0. The molecule has 4 heteroatoms. The van der Waals surface area contributed by atoms with Gasteiger partial charge in [-0.2, -0.15) is 0 Å². The highest BCUT2D eigenvalue weighted by Crippen LogP contribution is 2.10. The Morgan fingerprint density at radius 2 is 2.00 bits per heavy atom. The molecule has 0 aliphatic heterocycles. The third kappa shape index (κ3) is 0.883. The zero-order chi connectivity index (χ0) is 9.59. The van der Waals surface area contributed by atoms with Gasteiger partial charge in [-0.3, -0.25) is 14.2 Å². The number of fused-ring (bicyclic) bond motifs is 1. The van der Waals surface area contributed by atoms with Crippen LogP contribution in [0.4, 0.5) is 0 Å². The zero-order valence-corrected chi connectivity index (χ0v) is 8.11. The van der Waals surface area contributed by atoms with E-state index in [9.17, 15) is 4.79 Å². The van der Waals surface area contributed by atoms with Gasteiger partial charge in [-0.1, -0.05) is 0 Å². The minimum absolute atomic E-state index is 0.0735. The maximum atomic E-state index is 11.7. The van der Waals surface area contributed by atoms with Crippen LogP contribution in [0.5, 0.6) is 0 Å². The fourth-order valence-corrected chi connectivity index (χ4v) is 1.67. The number of nitrogens with zero attached hydrogens (tertiary/aromatic N) is 3. The number of hydrogen-bond acceptors (Lipinski definition) is 1. The number of hydrogen-bond donors (Lipinski definition) is 0. The molecule has 0 aliphatic carbocycles. The summed E-state index contributed by atoms with van der Waals surface area (Å²) < 4.78 is 5.46. The van der Waals surface area contributed by atoms with E-state index >= 15 is 0 Å². The van der Waals surface area contributed by atoms with E-state index in [0.29, 0.717) is 0 Å². The lowest BCUT2D eigenvalue weighted by molar-refractivity contribution is 0.594. The van der Waals surface area contributed by atoms with Crippen LogP contribution in [0.2, 0.25) is 0 Å². The second kappa shape index (κ2) is 2.52. The quantitative estimate of drug-likeness (QED) is 0.634. The molecule has 0 saturated heterocycles. The van der Waals surface area contributed by atoms with Crippen LogP contribution in [-0.4, -0.2) is 13.9 Å². The Morgan fingerprint density at radius 3 is 2.62 bits per heavy atom. The van der Waals surface area contributed by atoms with Crippen LogP contribution in [0, 0.1) is 0 Å². The molecule has 0 saturated carbocycles. The first kappa shape index (κ1) is 8.16. The molecule has 2 heterocycles. The normalized spacial score (nSPS) is 11.3. The van der Waals surface area contributed by atoms with Crippen LogP contribution in [0.1, 0.15) is 6.92 Å². The summed E-state index contributed by atoms with van der Waals surface area (Å²) in [6, 6.07) is 1.97. The van der Waals surface area contributed by atoms with Gasteiger partial charge in [0.05, 0.1) is 5.52 Å². The second-order valence-corrected chi connectivity index (χ2v) is 3.19. The molecule has 0 aromatic carbocycles. The van der Waals surface area contributed by atoms with Crippen molar-refractivity contribution in [2.45, 2.75) is 13.5 Å². The molecule has 0 unspecified atom stereocenters. The lowest BCUT2D eigenvalue weighted by Crippen LogP contribution is -2.18. The average molecular weight is 179 g/mol. The molecule has 0 bridgehead atoms. The van der Waals surface area contributed by atoms with E-state index in [-0.39, 0.29) is 5.56 Å². The van der Waals surface area contributed by atoms with E-state index in [1.807, 2.05) is 35.5 Å². The second-order valence-electron chi connectivity index (χ2n) is 3.19. The van der Waals surface area contributed by atoms with Crippen molar-refractivity contribution < 1.29 is 0 Å². The number of aryl methyl sites for hydroxylation is 2. The van der Waals surface area contributed by atoms with Crippen molar-refractivity contribution in [3.05, 3.63) is 22.6 Å². The largest absolute Gasteiger partial charge is 0.342 e. The monoisotopic (exact) mass is 179 g/mol. The molecule has 2 aromatic heterocycles. The topological polar surface area (TPSA) is 31.9 Å². The Labute approximate surface area is 76.0 Å². The van der Waals surface area contributed by atoms with Crippen molar-refractivity contribution in [1.82, 2.24) is 13.9 Å². The molecule has 0 amide bonds. The molecule has 0 N–H and O–H groups in total. The van der Waals surface area contributed by atoms with Gasteiger partial charge in [0.15, 0.2) is 0 Å². The van der Waals surface area contributed by atoms with Crippen LogP contribution < -0.4 is 5.56 Å². The zero-order valence-electron chi connectivity index (χ0n) is 8.11. The van der Waals surface area contributed by atoms with Gasteiger partial charge in [0, 0.05) is 26.8 Å². The van der Waals surface area contributed by atoms with Gasteiger partial charge in [0.25, 0.3) is 5.56 Å². The van der Waals surface area contributed by atoms with Crippen molar-refractivity contribution in [2.24, 2.45) is 14.1 Å². The van der Waals surface area contributed by atoms with Gasteiger partial charge >= 0.3 is 0 Å². The van der Waals surface area contributed by atoms with Gasteiger partial charge < -0.3 is 4.57 Å². The lowest BCUT2D eigenvalue weighted by Gasteiger charge is -1.97. The van der Waals surface area contributed by atoms with Crippen molar-refractivity contribution >= 4 is 11.0 Å². The Morgan fingerprint density at radius 1 is 1.31 bits per heavy atom. The van der Waals surface area contributed by atoms with Crippen molar-refractivity contribution in [3.8, 4) is 0 Å². The van der Waals surface area contributed by atoms with E-state index in [0.717, 1.165) is 17.6 Å². The first-order valence-corrected chi connectivity index (χ1v) is 4.37. The van der Waals surface area contributed by atoms with Crippen molar-refractivity contribution in [2.75, 3.05) is 0 Å². The molecule has 0 aliphatic rings. The summed E-state index contributed by atoms with van der Waals surface area (Å²) in [5.74, 6) is 0. The first-order chi connectivity index (χ1) is 6.16. The molecule has 70 valence electrons. The predicted molar refractivity (Wildman–Crippen MR) is 51.8 cm³/mol. The fraction of sp³-hybridized carbons (Fsp3) is 0.444. The van der Waals surface area contributed by atoms with Crippen molar-refractivity contribution in [1.29, 1.82) is 0 Å². The van der Waals surface area contributed by atoms with Crippen LogP contribution in [0.3, 0.4) is 0 Å². The summed E-state index contributed by atoms with van der Waals surface area (Å²) in [7, 11) is 3.67. The Hall–Kier alpha value is -1.45. The highest BCUT2D eigenvalue weighted by Gasteiger charge is 2.10. The van der Waals surface area contributed by atoms with Gasteiger partial charge in [0.1, 0.15) is 5.52 Å². The highest BCUT2D eigenvalue weighted by molar-refractivity contribution is 5.75. The predicted octanol–water partition coefficient (Wildman–Crippen LogP) is 0.698. The fourth-order valence-electron chi connectivity index (χ4n) is 1.67. The third-order valence-electron chi connectivity index (χ3n) is 2.58. The van der Waals surface area contributed by atoms with E-state index in [4.69, 9.17) is 0 Å². The maximum Gasteiger partial charge on any atom is 0.290 e. The molecular weight excluding hydrogens is 166 g/mol. The molecule has 0 fully saturated rings. The number of aromatic nitrogens is 3. The van der Waals surface area contributed by atoms with Gasteiger partial charge in [-0.05, 0) is 13.0 Å². The Bertz CT molecular complexity index is 501. The molecule has 0 spiro atoms. The first-order valence-electron chi connectivity index (χ1n) is 4.37. The van der Waals surface area contributed by atoms with Gasteiger partial charge in [-0.25, -0.2) is 0 Å². The molecule has 2 aromatic rings. The molecule has 13 heavy (non-hydrogen) atoms. The summed E-state index contributed by atoms with van der Waals surface area (Å²) in [6.07, 6.45) is 1.95. The summed E-state index contributed by atoms with van der Waals surface area (Å²) in [5.41, 5.74) is 1.87. The molecule has 0 radical (unpaired) electrons. The Balaban J connectivity index is 2.98. The van der Waals surface area contributed by atoms with E-state index in [1.54, 1.807) is 11.7 Å². The highest BCUT2D eigenvalue weighted by atomic mass is 16.1. The third-order valence-corrected chi connectivity index (χ3v) is 2.58. The van der Waals surface area contributed by atoms with E-state index in [1.165, 1.54) is 0 Å². The van der Waals surface area contributed by atoms with Crippen LogP contribution >= 0.6 is 0 Å². The van der Waals surface area contributed by atoms with Crippen LogP contribution in [0.25, 0.3) is 11.0 Å². The SMILES string of the molecule is CCn1ccc2c1c(=O)n(C)n2C. The number of rotatable bonds is 1. The minimum atomic E-state index is 0.0735. The lowest BCUT2D eigenvalue weighted by atomic mass is 10.5. The summed E-state index contributed by atoms with van der Waals surface area (Å²) in [4.78, 5) is 11.7. The molecule has 0 atom stereocenters. The minimum Gasteiger partial charge on any atom is -0.342 e. The smallest absolute Gasteiger partial charge is 0.290 e. The summed E-state index contributed by atoms with van der Waals surface area (Å²) in [5, 5.41) is 0. The standard InChI is InChI=1S/C9H13N3O/c1-4-12-6-5-7-8(12)9(13)11(3)10(7)2/h5-6H,4H2,1-3H3. The van der Waals surface area contributed by atoms with Crippen LogP contribution in [0.15, 0.2) is 17.1 Å². The molecular formula is C9H13N3O. The average Bonchev–Trinajstić information content (AvgIpc) is 2.64. The summed E-state index contributed by atoms with van der Waals surface area (Å²) in [6.45, 7) is 2.87. The van der Waals surface area contributed by atoms with Crippen molar-refractivity contribution in [3.63, 3.8) is 0 Å². The molecule has 2 rings (SSSR count). The van der Waals surface area contributed by atoms with Crippen LogP contribution in [-0.2, 0) is 20.6 Å². The maximum absolute atomic E-state index is 11.7. The Kier molecular flexibility index (Phi) is 1.58. The van der Waals surface area contributed by atoms with Gasteiger partial charge in [-0.15, -0.1) is 0 Å². The van der Waals surface area contributed by atoms with E-state index in [2.05, 4.69) is 0 Å². The molecule has 4 nitrogen and oxygen atoms in total.